The SMILES string of the molecule is C=C(Cl)CNC(=O)N(CC(N)=O)CC(=O)O. The molecular formula is C8H12ClN3O4. The second-order valence-corrected chi connectivity index (χ2v) is 3.43. The zero-order valence-corrected chi connectivity index (χ0v) is 9.16. The first kappa shape index (κ1) is 14.2. The van der Waals surface area contributed by atoms with Crippen LogP contribution >= 0.6 is 11.6 Å². The topological polar surface area (TPSA) is 113 Å². The number of primary amides is 1. The second kappa shape index (κ2) is 6.67. The molecule has 0 aromatic rings. The third-order valence-electron chi connectivity index (χ3n) is 1.39. The Bertz CT molecular complexity index is 302. The summed E-state index contributed by atoms with van der Waals surface area (Å²) in [6, 6.07) is -0.747. The lowest BCUT2D eigenvalue weighted by Crippen LogP contribution is -2.46. The molecule has 7 nitrogen and oxygen atoms in total. The number of urea groups is 1. The molecule has 0 atom stereocenters. The van der Waals surface area contributed by atoms with Crippen molar-refractivity contribution in [3.8, 4) is 0 Å². The molecule has 0 aromatic carbocycles. The highest BCUT2D eigenvalue weighted by Crippen LogP contribution is 1.95. The van der Waals surface area contributed by atoms with E-state index in [1.807, 2.05) is 0 Å². The Morgan fingerprint density at radius 3 is 2.31 bits per heavy atom. The van der Waals surface area contributed by atoms with Crippen LogP contribution in [0.1, 0.15) is 0 Å². The molecule has 0 aliphatic carbocycles. The second-order valence-electron chi connectivity index (χ2n) is 2.89. The molecule has 0 radical (unpaired) electrons. The number of aliphatic carboxylic acids is 1. The van der Waals surface area contributed by atoms with E-state index in [1.165, 1.54) is 0 Å². The van der Waals surface area contributed by atoms with Crippen molar-refractivity contribution in [2.45, 2.75) is 0 Å². The van der Waals surface area contributed by atoms with E-state index in [2.05, 4.69) is 11.9 Å². The summed E-state index contributed by atoms with van der Waals surface area (Å²) in [6.07, 6.45) is 0. The van der Waals surface area contributed by atoms with E-state index in [-0.39, 0.29) is 11.6 Å². The maximum Gasteiger partial charge on any atom is 0.323 e. The first-order valence-corrected chi connectivity index (χ1v) is 4.57. The smallest absolute Gasteiger partial charge is 0.323 e. The fourth-order valence-corrected chi connectivity index (χ4v) is 0.901. The molecule has 0 bridgehead atoms. The van der Waals surface area contributed by atoms with Gasteiger partial charge in [0.15, 0.2) is 0 Å². The van der Waals surface area contributed by atoms with E-state index in [1.54, 1.807) is 0 Å². The Kier molecular flexibility index (Phi) is 5.94. The van der Waals surface area contributed by atoms with Crippen molar-refractivity contribution in [1.82, 2.24) is 10.2 Å². The van der Waals surface area contributed by atoms with E-state index in [0.29, 0.717) is 0 Å². The number of hydrogen-bond acceptors (Lipinski definition) is 3. The predicted octanol–water partition coefficient (Wildman–Crippen LogP) is -0.680. The minimum atomic E-state index is -1.25. The Morgan fingerprint density at radius 1 is 1.38 bits per heavy atom. The molecule has 90 valence electrons. The fourth-order valence-electron chi connectivity index (χ4n) is 0.834. The number of rotatable bonds is 6. The monoisotopic (exact) mass is 249 g/mol. The van der Waals surface area contributed by atoms with E-state index in [0.717, 1.165) is 4.90 Å². The van der Waals surface area contributed by atoms with Crippen LogP contribution in [-0.2, 0) is 9.59 Å². The molecule has 0 aromatic heterocycles. The van der Waals surface area contributed by atoms with Crippen LogP contribution in [0, 0.1) is 0 Å². The zero-order chi connectivity index (χ0) is 12.7. The molecule has 0 fully saturated rings. The summed E-state index contributed by atoms with van der Waals surface area (Å²) in [5.41, 5.74) is 4.87. The van der Waals surface area contributed by atoms with Crippen molar-refractivity contribution in [3.05, 3.63) is 11.6 Å². The summed E-state index contributed by atoms with van der Waals surface area (Å²) < 4.78 is 0. The molecule has 0 spiro atoms. The molecule has 0 unspecified atom stereocenters. The average molecular weight is 250 g/mol. The van der Waals surface area contributed by atoms with Gasteiger partial charge < -0.3 is 21.1 Å². The maximum atomic E-state index is 11.4. The van der Waals surface area contributed by atoms with Crippen LogP contribution in [0.15, 0.2) is 11.6 Å². The first-order chi connectivity index (χ1) is 7.32. The molecule has 8 heteroatoms. The lowest BCUT2D eigenvalue weighted by Gasteiger charge is -2.19. The summed E-state index contributed by atoms with van der Waals surface area (Å²) in [6.45, 7) is 2.21. The first-order valence-electron chi connectivity index (χ1n) is 4.19. The lowest BCUT2D eigenvalue weighted by molar-refractivity contribution is -0.137. The number of halogens is 1. The van der Waals surface area contributed by atoms with Gasteiger partial charge >= 0.3 is 12.0 Å². The van der Waals surface area contributed by atoms with Gasteiger partial charge in [0, 0.05) is 5.03 Å². The van der Waals surface area contributed by atoms with Crippen LogP contribution in [-0.4, -0.2) is 47.5 Å². The highest BCUT2D eigenvalue weighted by atomic mass is 35.5. The van der Waals surface area contributed by atoms with E-state index in [4.69, 9.17) is 22.4 Å². The summed E-state index contributed by atoms with van der Waals surface area (Å²) in [5, 5.41) is 11.0. The van der Waals surface area contributed by atoms with Gasteiger partial charge in [-0.2, -0.15) is 0 Å². The Labute approximate surface area is 96.8 Å². The number of hydrogen-bond donors (Lipinski definition) is 3. The molecule has 0 aliphatic heterocycles. The number of carbonyl (C=O) groups excluding carboxylic acids is 2. The van der Waals surface area contributed by atoms with Gasteiger partial charge in [-0.3, -0.25) is 9.59 Å². The van der Waals surface area contributed by atoms with Gasteiger partial charge in [-0.25, -0.2) is 4.79 Å². The van der Waals surface area contributed by atoms with E-state index < -0.39 is 31.0 Å². The molecule has 16 heavy (non-hydrogen) atoms. The molecule has 0 saturated carbocycles. The van der Waals surface area contributed by atoms with Crippen molar-refractivity contribution in [3.63, 3.8) is 0 Å². The Morgan fingerprint density at radius 2 is 1.94 bits per heavy atom. The third-order valence-corrected chi connectivity index (χ3v) is 1.53. The molecule has 3 amide bonds. The van der Waals surface area contributed by atoms with Crippen molar-refractivity contribution in [1.29, 1.82) is 0 Å². The Balaban J connectivity index is 4.36. The molecule has 0 heterocycles. The number of nitrogens with one attached hydrogen (secondary N) is 1. The minimum absolute atomic E-state index is 0.0186. The van der Waals surface area contributed by atoms with Crippen molar-refractivity contribution >= 4 is 29.5 Å². The van der Waals surface area contributed by atoms with Crippen LogP contribution in [0.2, 0.25) is 0 Å². The highest BCUT2D eigenvalue weighted by Gasteiger charge is 2.18. The van der Waals surface area contributed by atoms with Gasteiger partial charge in [-0.1, -0.05) is 18.2 Å². The quantitative estimate of drug-likeness (QED) is 0.579. The lowest BCUT2D eigenvalue weighted by atomic mass is 10.4. The van der Waals surface area contributed by atoms with Crippen LogP contribution < -0.4 is 11.1 Å². The van der Waals surface area contributed by atoms with Gasteiger partial charge in [0.2, 0.25) is 5.91 Å². The van der Waals surface area contributed by atoms with Gasteiger partial charge in [0.05, 0.1) is 6.54 Å². The molecule has 4 N–H and O–H groups in total. The number of nitrogens with zero attached hydrogens (tertiary/aromatic N) is 1. The largest absolute Gasteiger partial charge is 0.480 e. The van der Waals surface area contributed by atoms with Crippen molar-refractivity contribution < 1.29 is 19.5 Å². The predicted molar refractivity (Wildman–Crippen MR) is 56.8 cm³/mol. The summed E-state index contributed by atoms with van der Waals surface area (Å²) in [7, 11) is 0. The molecule has 0 saturated heterocycles. The standard InChI is InChI=1S/C8H12ClN3O4/c1-5(9)2-11-8(16)12(3-6(10)13)4-7(14)15/h1-4H2,(H2,10,13)(H,11,16)(H,14,15). The van der Waals surface area contributed by atoms with Gasteiger partial charge in [-0.15, -0.1) is 0 Å². The molecular weight excluding hydrogens is 238 g/mol. The van der Waals surface area contributed by atoms with Gasteiger partial charge in [-0.05, 0) is 0 Å². The number of carbonyl (C=O) groups is 3. The summed E-state index contributed by atoms with van der Waals surface area (Å²) in [4.78, 5) is 33.1. The average Bonchev–Trinajstić information content (AvgIpc) is 2.11. The van der Waals surface area contributed by atoms with Crippen molar-refractivity contribution in [2.24, 2.45) is 5.73 Å². The van der Waals surface area contributed by atoms with Crippen LogP contribution in [0.3, 0.4) is 0 Å². The minimum Gasteiger partial charge on any atom is -0.480 e. The van der Waals surface area contributed by atoms with E-state index in [9.17, 15) is 14.4 Å². The maximum absolute atomic E-state index is 11.4. The Hall–Kier alpha value is -1.76. The van der Waals surface area contributed by atoms with Gasteiger partial charge in [0.1, 0.15) is 13.1 Å². The normalized spacial score (nSPS) is 9.31. The summed E-state index contributed by atoms with van der Waals surface area (Å²) in [5.74, 6) is -2.05. The number of carboxylic acid groups (broad SMARTS) is 1. The summed E-state index contributed by atoms with van der Waals surface area (Å²) >= 11 is 5.40. The van der Waals surface area contributed by atoms with Crippen molar-refractivity contribution in [2.75, 3.05) is 19.6 Å². The van der Waals surface area contributed by atoms with Crippen LogP contribution in [0.4, 0.5) is 4.79 Å². The number of carboxylic acids is 1. The third kappa shape index (κ3) is 6.66. The molecule has 0 rings (SSSR count). The number of amides is 3. The fraction of sp³-hybridized carbons (Fsp3) is 0.375. The number of nitrogens with two attached hydrogens (primary N) is 1. The zero-order valence-electron chi connectivity index (χ0n) is 8.40. The van der Waals surface area contributed by atoms with Crippen LogP contribution in [0.5, 0.6) is 0 Å². The molecule has 0 aliphatic rings. The highest BCUT2D eigenvalue weighted by molar-refractivity contribution is 6.29. The van der Waals surface area contributed by atoms with Crippen LogP contribution in [0.25, 0.3) is 0 Å². The van der Waals surface area contributed by atoms with E-state index >= 15 is 0 Å². The van der Waals surface area contributed by atoms with Gasteiger partial charge in [0.25, 0.3) is 0 Å².